The molecular formula is C29H34N6O2. The zero-order valence-corrected chi connectivity index (χ0v) is 21.2. The lowest BCUT2D eigenvalue weighted by Crippen LogP contribution is -2.33. The van der Waals surface area contributed by atoms with E-state index in [-0.39, 0.29) is 18.1 Å². The minimum absolute atomic E-state index is 0.0534. The molecule has 0 saturated carbocycles. The maximum Gasteiger partial charge on any atom is 0.216 e. The van der Waals surface area contributed by atoms with Crippen molar-refractivity contribution in [3.8, 4) is 11.4 Å². The number of carbonyl (C=O) groups is 1. The fourth-order valence-corrected chi connectivity index (χ4v) is 4.70. The maximum absolute atomic E-state index is 11.3. The molecule has 192 valence electrons. The van der Waals surface area contributed by atoms with Crippen LogP contribution in [0.3, 0.4) is 0 Å². The van der Waals surface area contributed by atoms with Crippen molar-refractivity contribution in [2.45, 2.75) is 38.4 Å². The maximum atomic E-state index is 11.3. The van der Waals surface area contributed by atoms with Gasteiger partial charge in [-0.25, -0.2) is 9.97 Å². The molecule has 1 fully saturated rings. The van der Waals surface area contributed by atoms with Crippen molar-refractivity contribution < 1.29 is 9.53 Å². The van der Waals surface area contributed by atoms with E-state index < -0.39 is 0 Å². The summed E-state index contributed by atoms with van der Waals surface area (Å²) < 4.78 is 6.70. The lowest BCUT2D eigenvalue weighted by molar-refractivity contribution is -0.118. The fourth-order valence-electron chi connectivity index (χ4n) is 4.70. The number of hydrogen-bond acceptors (Lipinski definition) is 6. The standard InChI is InChI=1S/C29H34N6O2/c1-20(36)31-16-17-32-28-24-19-25(33-29(24)35-27(34-28)22-10-6-3-7-11-22)26(18-21-8-4-2-5-9-21)37-23-12-14-30-15-13-23/h2-11,19,23,26,30H,12-18H2,1H3,(H,31,36)(H2,32,33,34,35). The summed E-state index contributed by atoms with van der Waals surface area (Å²) in [5.41, 5.74) is 3.92. The summed E-state index contributed by atoms with van der Waals surface area (Å²) in [4.78, 5) is 24.6. The predicted octanol–water partition coefficient (Wildman–Crippen LogP) is 4.23. The second-order valence-electron chi connectivity index (χ2n) is 9.42. The van der Waals surface area contributed by atoms with E-state index in [0.29, 0.717) is 18.9 Å². The van der Waals surface area contributed by atoms with E-state index in [1.165, 1.54) is 12.5 Å². The van der Waals surface area contributed by atoms with E-state index in [0.717, 1.165) is 60.5 Å². The molecule has 1 aliphatic rings. The molecule has 2 aromatic carbocycles. The Bertz CT molecular complexity index is 1300. The van der Waals surface area contributed by atoms with Gasteiger partial charge in [0.15, 0.2) is 5.82 Å². The van der Waals surface area contributed by atoms with Crippen molar-refractivity contribution >= 4 is 22.8 Å². The third-order valence-corrected chi connectivity index (χ3v) is 6.59. The molecule has 1 atom stereocenters. The number of hydrogen-bond donors (Lipinski definition) is 4. The number of benzene rings is 2. The third-order valence-electron chi connectivity index (χ3n) is 6.59. The Labute approximate surface area is 217 Å². The minimum Gasteiger partial charge on any atom is -0.368 e. The summed E-state index contributed by atoms with van der Waals surface area (Å²) in [6.45, 7) is 4.53. The van der Waals surface area contributed by atoms with Crippen molar-refractivity contribution in [3.05, 3.63) is 78.0 Å². The molecule has 1 aliphatic heterocycles. The van der Waals surface area contributed by atoms with Gasteiger partial charge in [0, 0.05) is 37.7 Å². The third kappa shape index (κ3) is 6.53. The summed E-state index contributed by atoms with van der Waals surface area (Å²) in [5.74, 6) is 1.32. The summed E-state index contributed by atoms with van der Waals surface area (Å²) in [6.07, 6.45) is 2.84. The van der Waals surface area contributed by atoms with Crippen molar-refractivity contribution in [1.82, 2.24) is 25.6 Å². The number of carbonyl (C=O) groups excluding carboxylic acids is 1. The van der Waals surface area contributed by atoms with Gasteiger partial charge < -0.3 is 25.7 Å². The van der Waals surface area contributed by atoms with Crippen LogP contribution in [0.4, 0.5) is 5.82 Å². The smallest absolute Gasteiger partial charge is 0.216 e. The number of fused-ring (bicyclic) bond motifs is 1. The van der Waals surface area contributed by atoms with E-state index >= 15 is 0 Å². The summed E-state index contributed by atoms with van der Waals surface area (Å²) in [6, 6.07) is 22.5. The topological polar surface area (TPSA) is 104 Å². The lowest BCUT2D eigenvalue weighted by Gasteiger charge is -2.28. The van der Waals surface area contributed by atoms with Crippen LogP contribution in [0.5, 0.6) is 0 Å². The number of amides is 1. The van der Waals surface area contributed by atoms with Crippen LogP contribution in [-0.4, -0.2) is 53.1 Å². The number of rotatable bonds is 10. The first-order valence-electron chi connectivity index (χ1n) is 13.0. The molecule has 2 aromatic heterocycles. The van der Waals surface area contributed by atoms with Crippen LogP contribution in [0, 0.1) is 0 Å². The number of anilines is 1. The molecule has 8 heteroatoms. The van der Waals surface area contributed by atoms with Gasteiger partial charge in [0.25, 0.3) is 0 Å². The van der Waals surface area contributed by atoms with Crippen LogP contribution < -0.4 is 16.0 Å². The van der Waals surface area contributed by atoms with Crippen molar-refractivity contribution in [3.63, 3.8) is 0 Å². The largest absolute Gasteiger partial charge is 0.368 e. The molecule has 1 saturated heterocycles. The van der Waals surface area contributed by atoms with Gasteiger partial charge >= 0.3 is 0 Å². The first-order valence-corrected chi connectivity index (χ1v) is 13.0. The molecule has 4 aromatic rings. The first-order chi connectivity index (χ1) is 18.2. The zero-order chi connectivity index (χ0) is 25.5. The Kier molecular flexibility index (Phi) is 8.08. The number of H-pyrrole nitrogens is 1. The second-order valence-corrected chi connectivity index (χ2v) is 9.42. The molecule has 8 nitrogen and oxygen atoms in total. The fraction of sp³-hybridized carbons (Fsp3) is 0.345. The van der Waals surface area contributed by atoms with Crippen molar-refractivity contribution in [1.29, 1.82) is 0 Å². The van der Waals surface area contributed by atoms with Crippen LogP contribution in [0.2, 0.25) is 0 Å². The molecule has 3 heterocycles. The zero-order valence-electron chi connectivity index (χ0n) is 21.2. The average molecular weight is 499 g/mol. The van der Waals surface area contributed by atoms with Gasteiger partial charge in [-0.1, -0.05) is 60.7 Å². The number of ether oxygens (including phenoxy) is 1. The summed E-state index contributed by atoms with van der Waals surface area (Å²) in [7, 11) is 0. The first kappa shape index (κ1) is 24.9. The van der Waals surface area contributed by atoms with Gasteiger partial charge in [-0.2, -0.15) is 0 Å². The average Bonchev–Trinajstić information content (AvgIpc) is 3.37. The highest BCUT2D eigenvalue weighted by molar-refractivity contribution is 5.89. The Balaban J connectivity index is 1.49. The minimum atomic E-state index is -0.132. The SMILES string of the molecule is CC(=O)NCCNc1nc(-c2ccccc2)nc2[nH]c(C(Cc3ccccc3)OC3CCNCC3)cc12. The molecule has 1 amide bonds. The van der Waals surface area contributed by atoms with Crippen molar-refractivity contribution in [2.24, 2.45) is 0 Å². The molecule has 1 unspecified atom stereocenters. The Morgan fingerprint density at radius 2 is 1.76 bits per heavy atom. The van der Waals surface area contributed by atoms with Crippen molar-refractivity contribution in [2.75, 3.05) is 31.5 Å². The summed E-state index contributed by atoms with van der Waals surface area (Å²) >= 11 is 0. The molecule has 37 heavy (non-hydrogen) atoms. The van der Waals surface area contributed by atoms with Gasteiger partial charge in [0.2, 0.25) is 5.91 Å². The van der Waals surface area contributed by atoms with Gasteiger partial charge in [-0.05, 0) is 37.6 Å². The number of aromatic amines is 1. The Morgan fingerprint density at radius 1 is 1.03 bits per heavy atom. The molecule has 0 spiro atoms. The molecular weight excluding hydrogens is 464 g/mol. The van der Waals surface area contributed by atoms with Crippen LogP contribution in [0.15, 0.2) is 66.7 Å². The molecule has 5 rings (SSSR count). The molecule has 0 bridgehead atoms. The quantitative estimate of drug-likeness (QED) is 0.244. The van der Waals surface area contributed by atoms with E-state index in [2.05, 4.69) is 51.3 Å². The van der Waals surface area contributed by atoms with Gasteiger partial charge in [0.1, 0.15) is 17.6 Å². The van der Waals surface area contributed by atoms with Gasteiger partial charge in [0.05, 0.1) is 11.5 Å². The summed E-state index contributed by atoms with van der Waals surface area (Å²) in [5, 5.41) is 10.6. The van der Waals surface area contributed by atoms with E-state index in [9.17, 15) is 4.79 Å². The molecule has 4 N–H and O–H groups in total. The Morgan fingerprint density at radius 3 is 2.49 bits per heavy atom. The highest BCUT2D eigenvalue weighted by Gasteiger charge is 2.24. The van der Waals surface area contributed by atoms with Crippen LogP contribution >= 0.6 is 0 Å². The van der Waals surface area contributed by atoms with Crippen LogP contribution in [0.1, 0.15) is 37.1 Å². The molecule has 0 radical (unpaired) electrons. The van der Waals surface area contributed by atoms with Gasteiger partial charge in [-0.3, -0.25) is 4.79 Å². The van der Waals surface area contributed by atoms with E-state index in [4.69, 9.17) is 14.7 Å². The van der Waals surface area contributed by atoms with Crippen LogP contribution in [0.25, 0.3) is 22.4 Å². The number of nitrogens with one attached hydrogen (secondary N) is 4. The predicted molar refractivity (Wildman–Crippen MR) is 146 cm³/mol. The monoisotopic (exact) mass is 498 g/mol. The molecule has 0 aliphatic carbocycles. The van der Waals surface area contributed by atoms with E-state index in [1.807, 2.05) is 36.4 Å². The highest BCUT2D eigenvalue weighted by Crippen LogP contribution is 2.31. The lowest BCUT2D eigenvalue weighted by atomic mass is 10.0. The normalized spacial score (nSPS) is 14.9. The number of piperidine rings is 1. The van der Waals surface area contributed by atoms with Gasteiger partial charge in [-0.15, -0.1) is 0 Å². The highest BCUT2D eigenvalue weighted by atomic mass is 16.5. The van der Waals surface area contributed by atoms with E-state index in [1.54, 1.807) is 0 Å². The number of aromatic nitrogens is 3. The van der Waals surface area contributed by atoms with Crippen LogP contribution in [-0.2, 0) is 16.0 Å². The number of nitrogens with zero attached hydrogens (tertiary/aromatic N) is 2. The second kappa shape index (κ2) is 12.0. The Hall–Kier alpha value is -3.75.